The van der Waals surface area contributed by atoms with E-state index in [1.165, 1.54) is 6.42 Å². The van der Waals surface area contributed by atoms with Crippen LogP contribution < -0.4 is 5.32 Å². The van der Waals surface area contributed by atoms with Crippen LogP contribution in [0.2, 0.25) is 0 Å². The van der Waals surface area contributed by atoms with Gasteiger partial charge in [-0.2, -0.15) is 0 Å². The molecule has 104 valence electrons. The molecule has 2 fully saturated rings. The fourth-order valence-electron chi connectivity index (χ4n) is 2.89. The van der Waals surface area contributed by atoms with Gasteiger partial charge in [-0.1, -0.05) is 13.8 Å². The van der Waals surface area contributed by atoms with E-state index in [1.807, 2.05) is 4.90 Å². The van der Waals surface area contributed by atoms with E-state index in [0.29, 0.717) is 12.1 Å². The molecule has 2 aliphatic rings. The molecular formula is C14H26N2O2. The fraction of sp³-hybridized carbons (Fsp3) is 0.929. The quantitative estimate of drug-likeness (QED) is 0.809. The number of likely N-dealkylation sites (tertiary alicyclic amines) is 1. The Morgan fingerprint density at radius 3 is 2.89 bits per heavy atom. The van der Waals surface area contributed by atoms with Crippen LogP contribution in [0.4, 0.5) is 0 Å². The van der Waals surface area contributed by atoms with Crippen molar-refractivity contribution < 1.29 is 9.53 Å². The molecule has 4 nitrogen and oxygen atoms in total. The molecule has 2 unspecified atom stereocenters. The van der Waals surface area contributed by atoms with E-state index >= 15 is 0 Å². The first-order chi connectivity index (χ1) is 8.66. The van der Waals surface area contributed by atoms with Crippen molar-refractivity contribution in [2.24, 2.45) is 0 Å². The Hall–Kier alpha value is -0.610. The van der Waals surface area contributed by atoms with Crippen molar-refractivity contribution in [3.8, 4) is 0 Å². The lowest BCUT2D eigenvalue weighted by Crippen LogP contribution is -2.52. The van der Waals surface area contributed by atoms with Crippen molar-refractivity contribution in [2.45, 2.75) is 64.1 Å². The van der Waals surface area contributed by atoms with Gasteiger partial charge in [-0.15, -0.1) is 0 Å². The van der Waals surface area contributed by atoms with Crippen LogP contribution in [0.5, 0.6) is 0 Å². The van der Waals surface area contributed by atoms with E-state index in [4.69, 9.17) is 4.74 Å². The number of ether oxygens (including phenoxy) is 1. The maximum Gasteiger partial charge on any atom is 0.239 e. The molecule has 2 saturated heterocycles. The Labute approximate surface area is 110 Å². The van der Waals surface area contributed by atoms with E-state index in [0.717, 1.165) is 45.4 Å². The molecule has 0 radical (unpaired) electrons. The Bertz CT molecular complexity index is 275. The second kappa shape index (κ2) is 6.53. The number of nitrogens with zero attached hydrogens (tertiary/aromatic N) is 1. The molecule has 18 heavy (non-hydrogen) atoms. The molecule has 1 N–H and O–H groups in total. The van der Waals surface area contributed by atoms with Gasteiger partial charge in [0.2, 0.25) is 5.91 Å². The van der Waals surface area contributed by atoms with Crippen molar-refractivity contribution >= 4 is 5.91 Å². The average molecular weight is 254 g/mol. The van der Waals surface area contributed by atoms with Crippen LogP contribution in [-0.4, -0.2) is 48.7 Å². The number of carbonyl (C=O) groups is 1. The van der Waals surface area contributed by atoms with Crippen molar-refractivity contribution in [3.63, 3.8) is 0 Å². The first-order valence-corrected chi connectivity index (χ1v) is 7.33. The summed E-state index contributed by atoms with van der Waals surface area (Å²) in [6, 6.07) is 0.403. The van der Waals surface area contributed by atoms with Crippen molar-refractivity contribution in [3.05, 3.63) is 0 Å². The maximum absolute atomic E-state index is 12.3. The summed E-state index contributed by atoms with van der Waals surface area (Å²) in [5, 5.41) is 3.37. The SMILES string of the molecule is CC(C)NC1CCCN(CCC2CCCO2)C1=O. The highest BCUT2D eigenvalue weighted by Crippen LogP contribution is 2.18. The van der Waals surface area contributed by atoms with Gasteiger partial charge in [-0.05, 0) is 32.1 Å². The Morgan fingerprint density at radius 2 is 2.22 bits per heavy atom. The second-order valence-electron chi connectivity index (χ2n) is 5.77. The lowest BCUT2D eigenvalue weighted by molar-refractivity contribution is -0.136. The molecule has 0 aromatic carbocycles. The zero-order valence-electron chi connectivity index (χ0n) is 11.7. The molecule has 1 amide bonds. The number of carbonyl (C=O) groups excluding carboxylic acids is 1. The molecule has 0 aliphatic carbocycles. The van der Waals surface area contributed by atoms with Crippen LogP contribution in [0.1, 0.15) is 46.0 Å². The summed E-state index contributed by atoms with van der Waals surface area (Å²) >= 11 is 0. The molecule has 0 bridgehead atoms. The minimum absolute atomic E-state index is 0.0308. The summed E-state index contributed by atoms with van der Waals surface area (Å²) in [6.45, 7) is 6.87. The lowest BCUT2D eigenvalue weighted by atomic mass is 10.0. The summed E-state index contributed by atoms with van der Waals surface area (Å²) in [5.41, 5.74) is 0. The van der Waals surface area contributed by atoms with Gasteiger partial charge in [0.05, 0.1) is 12.1 Å². The number of hydrogen-bond donors (Lipinski definition) is 1. The summed E-state index contributed by atoms with van der Waals surface area (Å²) < 4.78 is 5.62. The number of nitrogens with one attached hydrogen (secondary N) is 1. The molecule has 2 atom stereocenters. The highest BCUT2D eigenvalue weighted by Gasteiger charge is 2.29. The summed E-state index contributed by atoms with van der Waals surface area (Å²) in [5.74, 6) is 0.285. The largest absolute Gasteiger partial charge is 0.378 e. The molecule has 0 aromatic rings. The van der Waals surface area contributed by atoms with Gasteiger partial charge < -0.3 is 15.0 Å². The van der Waals surface area contributed by atoms with Crippen LogP contribution in [0.25, 0.3) is 0 Å². The third kappa shape index (κ3) is 3.69. The average Bonchev–Trinajstić information content (AvgIpc) is 2.83. The monoisotopic (exact) mass is 254 g/mol. The van der Waals surface area contributed by atoms with Gasteiger partial charge in [0.1, 0.15) is 0 Å². The van der Waals surface area contributed by atoms with Crippen LogP contribution >= 0.6 is 0 Å². The third-order valence-electron chi connectivity index (χ3n) is 3.81. The molecule has 2 rings (SSSR count). The normalized spacial score (nSPS) is 29.3. The zero-order valence-corrected chi connectivity index (χ0v) is 11.7. The van der Waals surface area contributed by atoms with Gasteiger partial charge in [-0.3, -0.25) is 4.79 Å². The topological polar surface area (TPSA) is 41.6 Å². The van der Waals surface area contributed by atoms with Gasteiger partial charge >= 0.3 is 0 Å². The number of rotatable bonds is 5. The van der Waals surface area contributed by atoms with E-state index in [1.54, 1.807) is 0 Å². The fourth-order valence-corrected chi connectivity index (χ4v) is 2.89. The highest BCUT2D eigenvalue weighted by atomic mass is 16.5. The van der Waals surface area contributed by atoms with Crippen LogP contribution in [0, 0.1) is 0 Å². The summed E-state index contributed by atoms with van der Waals surface area (Å²) in [4.78, 5) is 14.3. The lowest BCUT2D eigenvalue weighted by Gasteiger charge is -2.34. The smallest absolute Gasteiger partial charge is 0.239 e. The van der Waals surface area contributed by atoms with Crippen molar-refractivity contribution in [1.29, 1.82) is 0 Å². The molecule has 0 spiro atoms. The number of piperidine rings is 1. The standard InChI is InChI=1S/C14H26N2O2/c1-11(2)15-13-6-3-8-16(14(13)17)9-7-12-5-4-10-18-12/h11-13,15H,3-10H2,1-2H3. The minimum Gasteiger partial charge on any atom is -0.378 e. The van der Waals surface area contributed by atoms with Gasteiger partial charge in [0.25, 0.3) is 0 Å². The molecule has 0 aromatic heterocycles. The molecule has 4 heteroatoms. The van der Waals surface area contributed by atoms with Crippen molar-refractivity contribution in [2.75, 3.05) is 19.7 Å². The predicted octanol–water partition coefficient (Wildman–Crippen LogP) is 1.54. The highest BCUT2D eigenvalue weighted by molar-refractivity contribution is 5.82. The Balaban J connectivity index is 1.78. The van der Waals surface area contributed by atoms with Crippen LogP contribution in [0.3, 0.4) is 0 Å². The predicted molar refractivity (Wildman–Crippen MR) is 71.5 cm³/mol. The molecule has 2 heterocycles. The second-order valence-corrected chi connectivity index (χ2v) is 5.77. The van der Waals surface area contributed by atoms with Gasteiger partial charge in [0.15, 0.2) is 0 Å². The summed E-state index contributed by atoms with van der Waals surface area (Å²) in [7, 11) is 0. The minimum atomic E-state index is 0.0308. The molecular weight excluding hydrogens is 228 g/mol. The first kappa shape index (κ1) is 13.8. The van der Waals surface area contributed by atoms with E-state index in [2.05, 4.69) is 19.2 Å². The number of amides is 1. The Morgan fingerprint density at radius 1 is 1.39 bits per heavy atom. The zero-order chi connectivity index (χ0) is 13.0. The number of hydrogen-bond acceptors (Lipinski definition) is 3. The Kier molecular flexibility index (Phi) is 5.01. The van der Waals surface area contributed by atoms with Crippen LogP contribution in [0.15, 0.2) is 0 Å². The molecule has 2 aliphatic heterocycles. The van der Waals surface area contributed by atoms with E-state index in [9.17, 15) is 4.79 Å². The van der Waals surface area contributed by atoms with Gasteiger partial charge in [-0.25, -0.2) is 0 Å². The first-order valence-electron chi connectivity index (χ1n) is 7.33. The van der Waals surface area contributed by atoms with E-state index < -0.39 is 0 Å². The molecule has 0 saturated carbocycles. The van der Waals surface area contributed by atoms with Crippen LogP contribution in [-0.2, 0) is 9.53 Å². The van der Waals surface area contributed by atoms with Gasteiger partial charge in [0, 0.05) is 25.7 Å². The summed E-state index contributed by atoms with van der Waals surface area (Å²) in [6.07, 6.45) is 5.82. The van der Waals surface area contributed by atoms with E-state index in [-0.39, 0.29) is 11.9 Å². The third-order valence-corrected chi connectivity index (χ3v) is 3.81. The maximum atomic E-state index is 12.3. The van der Waals surface area contributed by atoms with Crippen molar-refractivity contribution in [1.82, 2.24) is 10.2 Å².